The van der Waals surface area contributed by atoms with Gasteiger partial charge < -0.3 is 4.74 Å². The van der Waals surface area contributed by atoms with E-state index in [0.29, 0.717) is 17.8 Å². The number of aryl methyl sites for hydroxylation is 1. The van der Waals surface area contributed by atoms with Crippen LogP contribution < -0.4 is 5.56 Å². The predicted octanol–water partition coefficient (Wildman–Crippen LogP) is -0.443. The molecule has 0 aliphatic carbocycles. The van der Waals surface area contributed by atoms with Crippen LogP contribution in [0.4, 0.5) is 0 Å². The lowest BCUT2D eigenvalue weighted by molar-refractivity contribution is 0.0369. The second-order valence-electron chi connectivity index (χ2n) is 5.52. The van der Waals surface area contributed by atoms with E-state index in [9.17, 15) is 4.79 Å². The van der Waals surface area contributed by atoms with Gasteiger partial charge in [-0.15, -0.1) is 10.2 Å². The quantitative estimate of drug-likeness (QED) is 0.644. The van der Waals surface area contributed by atoms with Crippen LogP contribution in [0.1, 0.15) is 6.42 Å². The van der Waals surface area contributed by atoms with Gasteiger partial charge in [0.05, 0.1) is 19.4 Å². The number of morpholine rings is 1. The molecule has 0 atom stereocenters. The number of hydrogen-bond donors (Lipinski definition) is 0. The van der Waals surface area contributed by atoms with Crippen molar-refractivity contribution in [2.24, 2.45) is 0 Å². The number of nitrogens with zero attached hydrogens (tertiary/aromatic N) is 7. The molecule has 1 aliphatic heterocycles. The van der Waals surface area contributed by atoms with Crippen molar-refractivity contribution in [2.75, 3.05) is 32.8 Å². The molecule has 0 bridgehead atoms. The maximum Gasteiger partial charge on any atom is 0.283 e. The lowest BCUT2D eigenvalue weighted by Gasteiger charge is -2.26. The Bertz CT molecular complexity index is 882. The molecule has 4 heterocycles. The summed E-state index contributed by atoms with van der Waals surface area (Å²) in [6.07, 6.45) is 4.05. The van der Waals surface area contributed by atoms with Crippen molar-refractivity contribution < 1.29 is 4.74 Å². The summed E-state index contributed by atoms with van der Waals surface area (Å²) in [4.78, 5) is 19.2. The summed E-state index contributed by atoms with van der Waals surface area (Å²) in [5.41, 5.74) is 1.08. The number of rotatable bonds is 4. The van der Waals surface area contributed by atoms with Crippen molar-refractivity contribution in [3.8, 4) is 0 Å². The van der Waals surface area contributed by atoms with Gasteiger partial charge in [-0.2, -0.15) is 9.61 Å². The zero-order valence-corrected chi connectivity index (χ0v) is 12.6. The lowest BCUT2D eigenvalue weighted by atomic mass is 10.3. The molecular weight excluding hydrogens is 298 g/mol. The van der Waals surface area contributed by atoms with Gasteiger partial charge >= 0.3 is 0 Å². The van der Waals surface area contributed by atoms with Crippen LogP contribution in [-0.2, 0) is 11.3 Å². The van der Waals surface area contributed by atoms with E-state index in [-0.39, 0.29) is 11.1 Å². The molecule has 0 unspecified atom stereocenters. The Balaban J connectivity index is 1.54. The van der Waals surface area contributed by atoms with Gasteiger partial charge in [-0.3, -0.25) is 14.3 Å². The first-order chi connectivity index (χ1) is 11.3. The Labute approximate surface area is 131 Å². The lowest BCUT2D eigenvalue weighted by Crippen LogP contribution is -2.37. The Morgan fingerprint density at radius 3 is 2.91 bits per heavy atom. The average molecular weight is 315 g/mol. The topological polar surface area (TPSA) is 90.4 Å². The highest BCUT2D eigenvalue weighted by molar-refractivity contribution is 5.70. The van der Waals surface area contributed by atoms with Crippen LogP contribution >= 0.6 is 0 Å². The molecule has 120 valence electrons. The summed E-state index contributed by atoms with van der Waals surface area (Å²) < 4.78 is 8.45. The second kappa shape index (κ2) is 6.01. The van der Waals surface area contributed by atoms with E-state index < -0.39 is 0 Å². The fourth-order valence-electron chi connectivity index (χ4n) is 2.80. The molecule has 1 aliphatic rings. The van der Waals surface area contributed by atoms with Crippen LogP contribution in [0.25, 0.3) is 16.8 Å². The van der Waals surface area contributed by atoms with Crippen molar-refractivity contribution in [3.05, 3.63) is 28.9 Å². The molecule has 0 N–H and O–H groups in total. The minimum atomic E-state index is -0.179. The summed E-state index contributed by atoms with van der Waals surface area (Å²) in [7, 11) is 0. The second-order valence-corrected chi connectivity index (χ2v) is 5.52. The molecule has 0 spiro atoms. The zero-order chi connectivity index (χ0) is 15.6. The summed E-state index contributed by atoms with van der Waals surface area (Å²) in [6, 6.07) is 1.72. The van der Waals surface area contributed by atoms with Crippen LogP contribution in [0, 0.1) is 0 Å². The maximum absolute atomic E-state index is 12.5. The molecule has 0 saturated carbocycles. The Morgan fingerprint density at radius 1 is 1.17 bits per heavy atom. The van der Waals surface area contributed by atoms with Crippen molar-refractivity contribution >= 4 is 16.8 Å². The maximum atomic E-state index is 12.5. The standard InChI is InChI=1S/C14H17N7O2/c22-14-12-13(21-11(17-18-12)2-3-16-21)15-10-20(14)5-1-4-19-6-8-23-9-7-19/h2-3,10H,1,4-9H2. The summed E-state index contributed by atoms with van der Waals surface area (Å²) in [5.74, 6) is 0. The fraction of sp³-hybridized carbons (Fsp3) is 0.500. The highest BCUT2D eigenvalue weighted by Crippen LogP contribution is 2.05. The highest BCUT2D eigenvalue weighted by Gasteiger charge is 2.12. The molecule has 0 radical (unpaired) electrons. The van der Waals surface area contributed by atoms with Crippen LogP contribution in [0.15, 0.2) is 23.4 Å². The Hall–Kier alpha value is -2.39. The molecule has 3 aromatic heterocycles. The molecule has 0 amide bonds. The minimum absolute atomic E-state index is 0.179. The van der Waals surface area contributed by atoms with E-state index in [1.165, 1.54) is 4.52 Å². The molecule has 23 heavy (non-hydrogen) atoms. The number of aromatic nitrogens is 6. The van der Waals surface area contributed by atoms with Gasteiger partial charge in [-0.05, 0) is 6.42 Å². The number of hydrogen-bond acceptors (Lipinski definition) is 7. The third-order valence-electron chi connectivity index (χ3n) is 4.05. The third-order valence-corrected chi connectivity index (χ3v) is 4.05. The smallest absolute Gasteiger partial charge is 0.283 e. The van der Waals surface area contributed by atoms with Gasteiger partial charge in [0, 0.05) is 32.2 Å². The van der Waals surface area contributed by atoms with Gasteiger partial charge in [-0.25, -0.2) is 4.98 Å². The van der Waals surface area contributed by atoms with Crippen molar-refractivity contribution in [1.29, 1.82) is 0 Å². The van der Waals surface area contributed by atoms with E-state index in [2.05, 4.69) is 25.2 Å². The highest BCUT2D eigenvalue weighted by atomic mass is 16.5. The molecule has 9 nitrogen and oxygen atoms in total. The average Bonchev–Trinajstić information content (AvgIpc) is 3.07. The first kappa shape index (κ1) is 14.2. The first-order valence-electron chi connectivity index (χ1n) is 7.68. The molecule has 4 rings (SSSR count). The largest absolute Gasteiger partial charge is 0.379 e. The first-order valence-corrected chi connectivity index (χ1v) is 7.68. The van der Waals surface area contributed by atoms with Gasteiger partial charge in [0.25, 0.3) is 5.56 Å². The van der Waals surface area contributed by atoms with Crippen molar-refractivity contribution in [2.45, 2.75) is 13.0 Å². The molecule has 1 fully saturated rings. The van der Waals surface area contributed by atoms with Crippen molar-refractivity contribution in [3.63, 3.8) is 0 Å². The van der Waals surface area contributed by atoms with Crippen molar-refractivity contribution in [1.82, 2.24) is 34.3 Å². The normalized spacial score (nSPS) is 16.3. The molecule has 3 aromatic rings. The number of ether oxygens (including phenoxy) is 1. The van der Waals surface area contributed by atoms with E-state index in [1.54, 1.807) is 23.2 Å². The predicted molar refractivity (Wildman–Crippen MR) is 82.2 cm³/mol. The molecular formula is C14H17N7O2. The molecule has 1 saturated heterocycles. The van der Waals surface area contributed by atoms with Gasteiger partial charge in [0.1, 0.15) is 6.33 Å². The van der Waals surface area contributed by atoms with Crippen LogP contribution in [0.3, 0.4) is 0 Å². The summed E-state index contributed by atoms with van der Waals surface area (Å²) in [6.45, 7) is 5.02. The SMILES string of the molecule is O=c1c2nnc3ccnn3c2ncn1CCCN1CCOCC1. The van der Waals surface area contributed by atoms with Crippen LogP contribution in [0.5, 0.6) is 0 Å². The minimum Gasteiger partial charge on any atom is -0.379 e. The van der Waals surface area contributed by atoms with Gasteiger partial charge in [0.15, 0.2) is 16.8 Å². The van der Waals surface area contributed by atoms with E-state index in [4.69, 9.17) is 4.74 Å². The van der Waals surface area contributed by atoms with Gasteiger partial charge in [-0.1, -0.05) is 0 Å². The monoisotopic (exact) mass is 315 g/mol. The van der Waals surface area contributed by atoms with Gasteiger partial charge in [0.2, 0.25) is 0 Å². The molecule has 9 heteroatoms. The summed E-state index contributed by atoms with van der Waals surface area (Å²) >= 11 is 0. The van der Waals surface area contributed by atoms with E-state index in [1.807, 2.05) is 0 Å². The Kier molecular flexibility index (Phi) is 3.72. The van der Waals surface area contributed by atoms with E-state index in [0.717, 1.165) is 39.3 Å². The zero-order valence-electron chi connectivity index (χ0n) is 12.6. The van der Waals surface area contributed by atoms with E-state index >= 15 is 0 Å². The van der Waals surface area contributed by atoms with Crippen LogP contribution in [-0.4, -0.2) is 67.1 Å². The Morgan fingerprint density at radius 2 is 2.04 bits per heavy atom. The third kappa shape index (κ3) is 2.68. The molecule has 0 aromatic carbocycles. The number of fused-ring (bicyclic) bond motifs is 3. The fourth-order valence-corrected chi connectivity index (χ4v) is 2.80. The van der Waals surface area contributed by atoms with Crippen LogP contribution in [0.2, 0.25) is 0 Å². The summed E-state index contributed by atoms with van der Waals surface area (Å²) in [5, 5.41) is 12.1.